The molecule has 8 heteroatoms. The van der Waals surface area contributed by atoms with E-state index in [4.69, 9.17) is 0 Å². The molecule has 0 unspecified atom stereocenters. The standard InChI is InChI=1S/C18H19F3N4O/c1-12-2-4-14(5-3-12)24-17(26)13-6-8-25(9-7-13)16-10-15(18(19,20)21)22-11-23-16/h2-5,10-11,13H,6-9H2,1H3,(H,24,26). The second-order valence-electron chi connectivity index (χ2n) is 6.38. The Labute approximate surface area is 149 Å². The minimum atomic E-state index is -4.50. The zero-order valence-corrected chi connectivity index (χ0v) is 14.3. The first-order chi connectivity index (χ1) is 12.3. The Morgan fingerprint density at radius 3 is 2.42 bits per heavy atom. The summed E-state index contributed by atoms with van der Waals surface area (Å²) in [7, 11) is 0. The van der Waals surface area contributed by atoms with E-state index in [1.54, 1.807) is 4.90 Å². The van der Waals surface area contributed by atoms with Gasteiger partial charge in [0, 0.05) is 30.8 Å². The molecule has 1 amide bonds. The molecule has 1 aromatic carbocycles. The maximum atomic E-state index is 12.8. The van der Waals surface area contributed by atoms with Crippen molar-refractivity contribution < 1.29 is 18.0 Å². The average molecular weight is 364 g/mol. The molecule has 1 N–H and O–H groups in total. The highest BCUT2D eigenvalue weighted by molar-refractivity contribution is 5.92. The molecule has 138 valence electrons. The second kappa shape index (κ2) is 7.31. The van der Waals surface area contributed by atoms with Gasteiger partial charge in [0.2, 0.25) is 5.91 Å². The zero-order valence-electron chi connectivity index (χ0n) is 14.3. The number of hydrogen-bond acceptors (Lipinski definition) is 4. The summed E-state index contributed by atoms with van der Waals surface area (Å²) in [5.41, 5.74) is 0.898. The highest BCUT2D eigenvalue weighted by Gasteiger charge is 2.34. The summed E-state index contributed by atoms with van der Waals surface area (Å²) in [6.45, 7) is 2.92. The number of aromatic nitrogens is 2. The van der Waals surface area contributed by atoms with Crippen LogP contribution in [0.25, 0.3) is 0 Å². The van der Waals surface area contributed by atoms with Crippen LogP contribution < -0.4 is 10.2 Å². The first-order valence-corrected chi connectivity index (χ1v) is 8.34. The molecule has 1 aromatic heterocycles. The first-order valence-electron chi connectivity index (χ1n) is 8.34. The monoisotopic (exact) mass is 364 g/mol. The Kier molecular flexibility index (Phi) is 5.11. The molecule has 0 radical (unpaired) electrons. The molecule has 0 atom stereocenters. The Hall–Kier alpha value is -2.64. The minimum Gasteiger partial charge on any atom is -0.356 e. The molecule has 5 nitrogen and oxygen atoms in total. The van der Waals surface area contributed by atoms with Crippen molar-refractivity contribution in [3.63, 3.8) is 0 Å². The van der Waals surface area contributed by atoms with E-state index in [2.05, 4.69) is 15.3 Å². The first kappa shape index (κ1) is 18.2. The van der Waals surface area contributed by atoms with Crippen LogP contribution in [0.3, 0.4) is 0 Å². The van der Waals surface area contributed by atoms with Crippen LogP contribution in [0.4, 0.5) is 24.7 Å². The van der Waals surface area contributed by atoms with E-state index in [1.807, 2.05) is 31.2 Å². The predicted molar refractivity (Wildman–Crippen MR) is 91.8 cm³/mol. The molecule has 0 saturated carbocycles. The molecule has 1 saturated heterocycles. The average Bonchev–Trinajstić information content (AvgIpc) is 2.63. The summed E-state index contributed by atoms with van der Waals surface area (Å²) in [6.07, 6.45) is -2.45. The van der Waals surface area contributed by atoms with E-state index in [0.29, 0.717) is 25.9 Å². The van der Waals surface area contributed by atoms with Crippen LogP contribution in [-0.2, 0) is 11.0 Å². The molecule has 1 fully saturated rings. The highest BCUT2D eigenvalue weighted by atomic mass is 19.4. The van der Waals surface area contributed by atoms with Gasteiger partial charge in [0.15, 0.2) is 0 Å². The van der Waals surface area contributed by atoms with Gasteiger partial charge in [0.05, 0.1) is 0 Å². The van der Waals surface area contributed by atoms with Crippen molar-refractivity contribution in [1.82, 2.24) is 9.97 Å². The van der Waals surface area contributed by atoms with Crippen LogP contribution in [0.15, 0.2) is 36.7 Å². The number of halogens is 3. The van der Waals surface area contributed by atoms with Gasteiger partial charge in [-0.05, 0) is 31.9 Å². The maximum absolute atomic E-state index is 12.8. The van der Waals surface area contributed by atoms with Crippen LogP contribution in [0.2, 0.25) is 0 Å². The van der Waals surface area contributed by atoms with Gasteiger partial charge >= 0.3 is 6.18 Å². The van der Waals surface area contributed by atoms with Gasteiger partial charge in [-0.1, -0.05) is 17.7 Å². The van der Waals surface area contributed by atoms with E-state index in [1.165, 1.54) is 0 Å². The molecule has 0 spiro atoms. The van der Waals surface area contributed by atoms with E-state index >= 15 is 0 Å². The molecule has 1 aliphatic heterocycles. The number of alkyl halides is 3. The summed E-state index contributed by atoms with van der Waals surface area (Å²) < 4.78 is 38.3. The topological polar surface area (TPSA) is 58.1 Å². The normalized spacial score (nSPS) is 15.8. The summed E-state index contributed by atoms with van der Waals surface area (Å²) in [6, 6.07) is 8.49. The number of carbonyl (C=O) groups excluding carboxylic acids is 1. The van der Waals surface area contributed by atoms with Crippen molar-refractivity contribution in [2.75, 3.05) is 23.3 Å². The molecular formula is C18H19F3N4O. The molecule has 2 aromatic rings. The smallest absolute Gasteiger partial charge is 0.356 e. The fraction of sp³-hybridized carbons (Fsp3) is 0.389. The van der Waals surface area contributed by atoms with Crippen LogP contribution in [-0.4, -0.2) is 29.0 Å². The number of anilines is 2. The van der Waals surface area contributed by atoms with Gasteiger partial charge in [-0.15, -0.1) is 0 Å². The Bertz CT molecular complexity index is 769. The van der Waals surface area contributed by atoms with E-state index in [0.717, 1.165) is 23.6 Å². The maximum Gasteiger partial charge on any atom is 0.433 e. The number of hydrogen-bond donors (Lipinski definition) is 1. The summed E-state index contributed by atoms with van der Waals surface area (Å²) in [4.78, 5) is 21.3. The summed E-state index contributed by atoms with van der Waals surface area (Å²) in [5, 5.41) is 2.89. The molecule has 0 bridgehead atoms. The lowest BCUT2D eigenvalue weighted by Gasteiger charge is -2.32. The lowest BCUT2D eigenvalue weighted by atomic mass is 9.95. The SMILES string of the molecule is Cc1ccc(NC(=O)C2CCN(c3cc(C(F)(F)F)ncn3)CC2)cc1. The summed E-state index contributed by atoms with van der Waals surface area (Å²) in [5.74, 6) is 0.00775. The van der Waals surface area contributed by atoms with Crippen molar-refractivity contribution in [1.29, 1.82) is 0 Å². The molecule has 2 heterocycles. The van der Waals surface area contributed by atoms with Gasteiger partial charge in [-0.25, -0.2) is 9.97 Å². The lowest BCUT2D eigenvalue weighted by Crippen LogP contribution is -2.38. The minimum absolute atomic E-state index is 0.0628. The van der Waals surface area contributed by atoms with Crippen LogP contribution >= 0.6 is 0 Å². The largest absolute Gasteiger partial charge is 0.433 e. The predicted octanol–water partition coefficient (Wildman–Crippen LogP) is 3.66. The number of nitrogens with zero attached hydrogens (tertiary/aromatic N) is 3. The van der Waals surface area contributed by atoms with Gasteiger partial charge in [0.1, 0.15) is 17.8 Å². The zero-order chi connectivity index (χ0) is 18.7. The number of nitrogens with one attached hydrogen (secondary N) is 1. The van der Waals surface area contributed by atoms with Crippen molar-refractivity contribution >= 4 is 17.4 Å². The van der Waals surface area contributed by atoms with Crippen molar-refractivity contribution in [3.8, 4) is 0 Å². The van der Waals surface area contributed by atoms with Crippen LogP contribution in [0.1, 0.15) is 24.1 Å². The van der Waals surface area contributed by atoms with E-state index < -0.39 is 11.9 Å². The Morgan fingerprint density at radius 2 is 1.81 bits per heavy atom. The van der Waals surface area contributed by atoms with Gasteiger partial charge < -0.3 is 10.2 Å². The molecule has 0 aliphatic carbocycles. The van der Waals surface area contributed by atoms with Crippen LogP contribution in [0.5, 0.6) is 0 Å². The van der Waals surface area contributed by atoms with Crippen LogP contribution in [0, 0.1) is 12.8 Å². The van der Waals surface area contributed by atoms with Crippen molar-refractivity contribution in [2.45, 2.75) is 25.9 Å². The van der Waals surface area contributed by atoms with Gasteiger partial charge in [-0.2, -0.15) is 13.2 Å². The lowest BCUT2D eigenvalue weighted by molar-refractivity contribution is -0.141. The van der Waals surface area contributed by atoms with E-state index in [9.17, 15) is 18.0 Å². The third-order valence-electron chi connectivity index (χ3n) is 4.45. The van der Waals surface area contributed by atoms with Crippen molar-refractivity contribution in [3.05, 3.63) is 47.9 Å². The van der Waals surface area contributed by atoms with E-state index in [-0.39, 0.29) is 17.6 Å². The fourth-order valence-electron chi connectivity index (χ4n) is 2.93. The number of piperidine rings is 1. The number of rotatable bonds is 3. The summed E-state index contributed by atoms with van der Waals surface area (Å²) >= 11 is 0. The van der Waals surface area contributed by atoms with Gasteiger partial charge in [0.25, 0.3) is 0 Å². The van der Waals surface area contributed by atoms with Crippen molar-refractivity contribution in [2.24, 2.45) is 5.92 Å². The molecular weight excluding hydrogens is 345 g/mol. The highest BCUT2D eigenvalue weighted by Crippen LogP contribution is 2.30. The molecule has 1 aliphatic rings. The second-order valence-corrected chi connectivity index (χ2v) is 6.38. The quantitative estimate of drug-likeness (QED) is 0.903. The number of carbonyl (C=O) groups is 1. The number of benzene rings is 1. The number of aryl methyl sites for hydroxylation is 1. The third kappa shape index (κ3) is 4.30. The molecule has 26 heavy (non-hydrogen) atoms. The third-order valence-corrected chi connectivity index (χ3v) is 4.45. The Balaban J connectivity index is 1.59. The Morgan fingerprint density at radius 1 is 1.15 bits per heavy atom. The number of amides is 1. The molecule has 3 rings (SSSR count). The van der Waals surface area contributed by atoms with Gasteiger partial charge in [-0.3, -0.25) is 4.79 Å². The fourth-order valence-corrected chi connectivity index (χ4v) is 2.93.